The van der Waals surface area contributed by atoms with Crippen molar-refractivity contribution in [2.75, 3.05) is 31.6 Å². The molecule has 0 saturated carbocycles. The van der Waals surface area contributed by atoms with Crippen LogP contribution in [-0.2, 0) is 35.3 Å². The predicted octanol–water partition coefficient (Wildman–Crippen LogP) is 4.20. The largest absolute Gasteiger partial charge is 0.387 e. The molecule has 1 aliphatic rings. The van der Waals surface area contributed by atoms with Crippen LogP contribution in [0.2, 0.25) is 0 Å². The van der Waals surface area contributed by atoms with Crippen LogP contribution in [0.5, 0.6) is 0 Å². The minimum atomic E-state index is -1.00. The molecule has 1 aliphatic heterocycles. The second kappa shape index (κ2) is 21.6. The maximum Gasteiger partial charge on any atom is 0.253 e. The molecule has 2 aromatic carbocycles. The van der Waals surface area contributed by atoms with Crippen LogP contribution < -0.4 is 21.7 Å². The molecule has 2 heterocycles. The van der Waals surface area contributed by atoms with Gasteiger partial charge in [-0.15, -0.1) is 0 Å². The first kappa shape index (κ1) is 47.9. The maximum absolute atomic E-state index is 15.1. The zero-order valence-electron chi connectivity index (χ0n) is 35.7. The number of aliphatic hydroxyl groups excluding tert-OH is 1. The van der Waals surface area contributed by atoms with Gasteiger partial charge in [-0.3, -0.25) is 33.7 Å². The molecular formula is C44H58F2N8O7. The summed E-state index contributed by atoms with van der Waals surface area (Å²) in [5.74, 6) is -3.95. The highest BCUT2D eigenvalue weighted by Crippen LogP contribution is 2.39. The van der Waals surface area contributed by atoms with Gasteiger partial charge in [-0.05, 0) is 80.0 Å². The van der Waals surface area contributed by atoms with Gasteiger partial charge in [0, 0.05) is 55.7 Å². The van der Waals surface area contributed by atoms with E-state index in [1.807, 2.05) is 20.8 Å². The summed E-state index contributed by atoms with van der Waals surface area (Å²) in [7, 11) is 0. The smallest absolute Gasteiger partial charge is 0.253 e. The van der Waals surface area contributed by atoms with E-state index in [1.165, 1.54) is 24.0 Å². The van der Waals surface area contributed by atoms with Gasteiger partial charge in [-0.1, -0.05) is 53.2 Å². The van der Waals surface area contributed by atoms with E-state index in [0.29, 0.717) is 42.8 Å². The number of carbonyl (C=O) groups is 6. The number of halogens is 2. The molecule has 0 aliphatic carbocycles. The average Bonchev–Trinajstić information content (AvgIpc) is 3.75. The standard InChI is InChI=1S/C44H58F2N8O7/c1-27(2)39(51-35(56)14-8-7-9-20-53-36(57)17-18-37(53)58)43(61)48-28(3)42(60)49-31-13-10-12-29(22-31)24-52-25-34(32-23-30(45)15-16-33(32)46)50-41(52)40(44(4,5)6)54(21-11-19-47)38(59)26-55/h10,12-13,15-18,22-23,25,27-28,39-40,55H,7-9,11,14,19-21,24,26,47H2,1-6H3,(H,48,61)(H,49,60)(H,51,56)/t28-,39-,40-/m0/s1. The quantitative estimate of drug-likeness (QED) is 0.0768. The molecule has 17 heteroatoms. The van der Waals surface area contributed by atoms with E-state index >= 15 is 4.39 Å². The van der Waals surface area contributed by atoms with E-state index in [2.05, 4.69) is 16.0 Å². The highest BCUT2D eigenvalue weighted by Gasteiger charge is 2.38. The molecule has 6 amide bonds. The monoisotopic (exact) mass is 848 g/mol. The minimum Gasteiger partial charge on any atom is -0.387 e. The normalized spacial score (nSPS) is 14.2. The van der Waals surface area contributed by atoms with Gasteiger partial charge in [0.1, 0.15) is 36.1 Å². The number of hydrogen-bond acceptors (Lipinski definition) is 9. The van der Waals surface area contributed by atoms with Gasteiger partial charge in [0.25, 0.3) is 11.8 Å². The van der Waals surface area contributed by atoms with Crippen molar-refractivity contribution in [3.05, 3.63) is 83.8 Å². The van der Waals surface area contributed by atoms with Crippen LogP contribution in [-0.4, -0.2) is 98.2 Å². The number of amides is 6. The first-order valence-corrected chi connectivity index (χ1v) is 20.5. The Morgan fingerprint density at radius 3 is 2.26 bits per heavy atom. The van der Waals surface area contributed by atoms with E-state index in [9.17, 15) is 38.3 Å². The number of carbonyl (C=O) groups excluding carboxylic acids is 6. The van der Waals surface area contributed by atoms with E-state index in [0.717, 1.165) is 23.1 Å². The molecule has 0 spiro atoms. The lowest BCUT2D eigenvalue weighted by atomic mass is 9.84. The molecule has 3 aromatic rings. The fraction of sp³-hybridized carbons (Fsp3) is 0.477. The molecule has 0 saturated heterocycles. The maximum atomic E-state index is 15.1. The third kappa shape index (κ3) is 13.1. The number of benzene rings is 2. The Kier molecular flexibility index (Phi) is 17.0. The number of nitrogens with one attached hydrogen (secondary N) is 3. The molecule has 0 fully saturated rings. The number of aromatic nitrogens is 2. The fourth-order valence-corrected chi connectivity index (χ4v) is 7.07. The SMILES string of the molecule is CC(C)[C@H](NC(=O)CCCCCN1C(=O)C=CC1=O)C(=O)N[C@@H](C)C(=O)Nc1cccc(Cn2cc(-c3cc(F)ccc3F)nc2[C@H](N(CCCN)C(=O)CO)C(C)(C)C)c1. The van der Waals surface area contributed by atoms with E-state index < -0.39 is 59.5 Å². The van der Waals surface area contributed by atoms with Crippen LogP contribution in [0.4, 0.5) is 14.5 Å². The molecule has 61 heavy (non-hydrogen) atoms. The zero-order chi connectivity index (χ0) is 45.0. The number of imidazole rings is 1. The molecule has 1 aromatic heterocycles. The van der Waals surface area contributed by atoms with Crippen molar-refractivity contribution in [2.24, 2.45) is 17.1 Å². The van der Waals surface area contributed by atoms with Gasteiger partial charge >= 0.3 is 0 Å². The molecule has 0 unspecified atom stereocenters. The van der Waals surface area contributed by atoms with Gasteiger partial charge in [0.2, 0.25) is 23.6 Å². The lowest BCUT2D eigenvalue weighted by molar-refractivity contribution is -0.140. The summed E-state index contributed by atoms with van der Waals surface area (Å²) < 4.78 is 31.2. The third-order valence-electron chi connectivity index (χ3n) is 10.2. The van der Waals surface area contributed by atoms with Crippen LogP contribution in [0, 0.1) is 23.0 Å². The summed E-state index contributed by atoms with van der Waals surface area (Å²) in [5.41, 5.74) is 6.27. The van der Waals surface area contributed by atoms with Crippen molar-refractivity contribution in [3.63, 3.8) is 0 Å². The Bertz CT molecular complexity index is 2080. The second-order valence-corrected chi connectivity index (χ2v) is 16.6. The van der Waals surface area contributed by atoms with Gasteiger partial charge in [-0.25, -0.2) is 13.8 Å². The van der Waals surface area contributed by atoms with Gasteiger partial charge in [0.15, 0.2) is 0 Å². The Morgan fingerprint density at radius 1 is 0.918 bits per heavy atom. The van der Waals surface area contributed by atoms with Crippen molar-refractivity contribution < 1.29 is 42.7 Å². The molecule has 6 N–H and O–H groups in total. The molecular weight excluding hydrogens is 791 g/mol. The van der Waals surface area contributed by atoms with Crippen molar-refractivity contribution in [3.8, 4) is 11.3 Å². The predicted molar refractivity (Wildman–Crippen MR) is 225 cm³/mol. The summed E-state index contributed by atoms with van der Waals surface area (Å²) in [6, 6.07) is 7.31. The first-order chi connectivity index (χ1) is 28.8. The number of anilines is 1. The zero-order valence-corrected chi connectivity index (χ0v) is 35.7. The highest BCUT2D eigenvalue weighted by molar-refractivity contribution is 6.12. The molecule has 3 atom stereocenters. The molecule has 0 radical (unpaired) electrons. The number of rotatable bonds is 21. The van der Waals surface area contributed by atoms with E-state index in [4.69, 9.17) is 10.7 Å². The van der Waals surface area contributed by atoms with Gasteiger partial charge in [-0.2, -0.15) is 0 Å². The lowest BCUT2D eigenvalue weighted by Gasteiger charge is -2.40. The van der Waals surface area contributed by atoms with Gasteiger partial charge in [0.05, 0.1) is 11.7 Å². The molecule has 15 nitrogen and oxygen atoms in total. The summed E-state index contributed by atoms with van der Waals surface area (Å²) in [5, 5.41) is 18.2. The van der Waals surface area contributed by atoms with Crippen molar-refractivity contribution in [1.82, 2.24) is 30.0 Å². The van der Waals surface area contributed by atoms with Crippen LogP contribution >= 0.6 is 0 Å². The van der Waals surface area contributed by atoms with Crippen LogP contribution in [0.25, 0.3) is 11.3 Å². The fourth-order valence-electron chi connectivity index (χ4n) is 7.07. The Morgan fingerprint density at radius 2 is 1.62 bits per heavy atom. The minimum absolute atomic E-state index is 0.0771. The molecule has 0 bridgehead atoms. The highest BCUT2D eigenvalue weighted by atomic mass is 19.1. The van der Waals surface area contributed by atoms with E-state index in [1.54, 1.807) is 48.9 Å². The summed E-state index contributed by atoms with van der Waals surface area (Å²) in [6.07, 6.45) is 6.22. The summed E-state index contributed by atoms with van der Waals surface area (Å²) in [4.78, 5) is 83.6. The average molecular weight is 849 g/mol. The number of aliphatic hydroxyl groups is 1. The number of unbranched alkanes of at least 4 members (excludes halogenated alkanes) is 2. The van der Waals surface area contributed by atoms with Gasteiger partial charge < -0.3 is 36.3 Å². The van der Waals surface area contributed by atoms with Crippen molar-refractivity contribution in [1.29, 1.82) is 0 Å². The van der Waals surface area contributed by atoms with E-state index in [-0.39, 0.29) is 67.5 Å². The topological polar surface area (TPSA) is 209 Å². The third-order valence-corrected chi connectivity index (χ3v) is 10.2. The lowest BCUT2D eigenvalue weighted by Crippen LogP contribution is -2.53. The summed E-state index contributed by atoms with van der Waals surface area (Å²) in [6.45, 7) is 10.9. The Balaban J connectivity index is 1.47. The first-order valence-electron chi connectivity index (χ1n) is 20.5. The van der Waals surface area contributed by atoms with Crippen molar-refractivity contribution in [2.45, 2.75) is 98.3 Å². The Labute approximate surface area is 355 Å². The number of nitrogens with two attached hydrogens (primary N) is 1. The van der Waals surface area contributed by atoms with Crippen LogP contribution in [0.3, 0.4) is 0 Å². The number of imide groups is 1. The molecule has 4 rings (SSSR count). The number of nitrogens with zero attached hydrogens (tertiary/aromatic N) is 4. The van der Waals surface area contributed by atoms with Crippen LogP contribution in [0.15, 0.2) is 60.8 Å². The van der Waals surface area contributed by atoms with Crippen LogP contribution in [0.1, 0.15) is 91.1 Å². The Hall–Kier alpha value is -5.81. The van der Waals surface area contributed by atoms with Crippen molar-refractivity contribution >= 4 is 41.1 Å². The summed E-state index contributed by atoms with van der Waals surface area (Å²) >= 11 is 0. The second-order valence-electron chi connectivity index (χ2n) is 16.6. The number of hydrogen-bond donors (Lipinski definition) is 5. The molecule has 330 valence electrons.